The minimum Gasteiger partial charge on any atom is -0.290 e. The Hall–Kier alpha value is -1.11. The maximum atomic E-state index is 10.7. The van der Waals surface area contributed by atoms with Gasteiger partial charge in [-0.1, -0.05) is 19.2 Å². The first-order valence-electron chi connectivity index (χ1n) is 2.79. The quantitative estimate of drug-likeness (QED) is 0.480. The number of rotatable bonds is 1. The molecule has 0 N–H and O–H groups in total. The number of allylic oxidation sites excluding steroid dienone is 4. The van der Waals surface area contributed by atoms with Crippen molar-refractivity contribution in [3.8, 4) is 0 Å². The average Bonchev–Trinajstić information content (AvgIpc) is 2.13. The van der Waals surface area contributed by atoms with E-state index in [1.807, 2.05) is 0 Å². The molecule has 0 saturated carbocycles. The minimum atomic E-state index is 0.0462. The first-order chi connectivity index (χ1) is 4.24. The normalized spacial score (nSPS) is 18.0. The molecule has 0 bridgehead atoms. The highest BCUT2D eigenvalue weighted by molar-refractivity contribution is 6.07. The molecule has 0 aromatic rings. The monoisotopic (exact) mass is 120 g/mol. The second-order valence-corrected chi connectivity index (χ2v) is 2.07. The lowest BCUT2D eigenvalue weighted by Gasteiger charge is -1.86. The van der Waals surface area contributed by atoms with Crippen molar-refractivity contribution in [3.63, 3.8) is 0 Å². The van der Waals surface area contributed by atoms with E-state index in [9.17, 15) is 4.79 Å². The number of carbonyl (C=O) groups excluding carboxylic acids is 1. The van der Waals surface area contributed by atoms with Crippen LogP contribution in [-0.4, -0.2) is 5.78 Å². The first kappa shape index (κ1) is 6.02. The molecular weight excluding hydrogens is 112 g/mol. The van der Waals surface area contributed by atoms with Crippen LogP contribution in [-0.2, 0) is 4.79 Å². The third-order valence-electron chi connectivity index (χ3n) is 1.34. The summed E-state index contributed by atoms with van der Waals surface area (Å²) < 4.78 is 0. The van der Waals surface area contributed by atoms with E-state index in [1.54, 1.807) is 12.2 Å². The summed E-state index contributed by atoms with van der Waals surface area (Å²) in [6.45, 7) is 7.13. The summed E-state index contributed by atoms with van der Waals surface area (Å²) >= 11 is 0. The molecule has 0 aromatic heterocycles. The van der Waals surface area contributed by atoms with E-state index in [4.69, 9.17) is 0 Å². The second-order valence-electron chi connectivity index (χ2n) is 2.07. The number of hydrogen-bond donors (Lipinski definition) is 0. The maximum absolute atomic E-state index is 10.7. The molecule has 1 nitrogen and oxygen atoms in total. The Balaban J connectivity index is 2.85. The molecular formula is C8H8O. The fourth-order valence-electron chi connectivity index (χ4n) is 0.786. The molecule has 1 heteroatoms. The van der Waals surface area contributed by atoms with Gasteiger partial charge in [0.2, 0.25) is 0 Å². The molecule has 0 aliphatic heterocycles. The summed E-state index contributed by atoms with van der Waals surface area (Å²) in [5, 5.41) is 0. The smallest absolute Gasteiger partial charge is 0.181 e. The first-order valence-corrected chi connectivity index (χ1v) is 2.79. The molecule has 0 aromatic carbocycles. The lowest BCUT2D eigenvalue weighted by Crippen LogP contribution is -1.86. The van der Waals surface area contributed by atoms with Crippen LogP contribution < -0.4 is 0 Å². The highest BCUT2D eigenvalue weighted by Crippen LogP contribution is 2.19. The van der Waals surface area contributed by atoms with Crippen molar-refractivity contribution >= 4 is 5.78 Å². The van der Waals surface area contributed by atoms with Gasteiger partial charge in [0.15, 0.2) is 5.78 Å². The van der Waals surface area contributed by atoms with E-state index in [1.165, 1.54) is 0 Å². The van der Waals surface area contributed by atoms with Gasteiger partial charge < -0.3 is 0 Å². The molecule has 0 spiro atoms. The Kier molecular flexibility index (Phi) is 1.35. The van der Waals surface area contributed by atoms with Crippen LogP contribution in [0.4, 0.5) is 0 Å². The number of carbonyl (C=O) groups is 1. The van der Waals surface area contributed by atoms with Gasteiger partial charge in [-0.25, -0.2) is 0 Å². The zero-order valence-electron chi connectivity index (χ0n) is 5.18. The van der Waals surface area contributed by atoms with Crippen LogP contribution in [0.15, 0.2) is 36.5 Å². The molecule has 0 amide bonds. The van der Waals surface area contributed by atoms with Crippen molar-refractivity contribution in [2.24, 2.45) is 0 Å². The predicted molar refractivity (Wildman–Crippen MR) is 37.0 cm³/mol. The van der Waals surface area contributed by atoms with E-state index in [0.29, 0.717) is 12.0 Å². The average molecular weight is 120 g/mol. The summed E-state index contributed by atoms with van der Waals surface area (Å²) in [5.41, 5.74) is 1.65. The zero-order chi connectivity index (χ0) is 6.85. The van der Waals surface area contributed by atoms with Crippen molar-refractivity contribution < 1.29 is 4.79 Å². The van der Waals surface area contributed by atoms with Crippen molar-refractivity contribution in [1.82, 2.24) is 0 Å². The van der Waals surface area contributed by atoms with E-state index in [-0.39, 0.29) is 5.78 Å². The Morgan fingerprint density at radius 3 is 2.56 bits per heavy atom. The van der Waals surface area contributed by atoms with Crippen LogP contribution in [0.1, 0.15) is 6.42 Å². The Morgan fingerprint density at radius 1 is 1.67 bits per heavy atom. The van der Waals surface area contributed by atoms with Crippen LogP contribution in [0.2, 0.25) is 0 Å². The largest absolute Gasteiger partial charge is 0.290 e. The summed E-state index contributed by atoms with van der Waals surface area (Å²) in [5.74, 6) is 0.0462. The molecule has 0 unspecified atom stereocenters. The zero-order valence-corrected chi connectivity index (χ0v) is 5.18. The van der Waals surface area contributed by atoms with E-state index in [2.05, 4.69) is 13.2 Å². The molecule has 0 atom stereocenters. The van der Waals surface area contributed by atoms with Crippen LogP contribution in [0.3, 0.4) is 0 Å². The fourth-order valence-corrected chi connectivity index (χ4v) is 0.786. The summed E-state index contributed by atoms with van der Waals surface area (Å²) in [6, 6.07) is 0. The van der Waals surface area contributed by atoms with Crippen molar-refractivity contribution in [2.45, 2.75) is 6.42 Å². The molecule has 1 aliphatic carbocycles. The van der Waals surface area contributed by atoms with Gasteiger partial charge in [-0.3, -0.25) is 4.79 Å². The van der Waals surface area contributed by atoms with Crippen LogP contribution in [0.25, 0.3) is 0 Å². The summed E-state index contributed by atoms with van der Waals surface area (Å²) in [7, 11) is 0. The van der Waals surface area contributed by atoms with E-state index >= 15 is 0 Å². The molecule has 46 valence electrons. The minimum absolute atomic E-state index is 0.0462. The predicted octanol–water partition coefficient (Wildman–Crippen LogP) is 1.63. The lowest BCUT2D eigenvalue weighted by atomic mass is 10.2. The van der Waals surface area contributed by atoms with Crippen LogP contribution in [0, 0.1) is 0 Å². The topological polar surface area (TPSA) is 17.1 Å². The van der Waals surface area contributed by atoms with Crippen molar-refractivity contribution in [2.75, 3.05) is 0 Å². The van der Waals surface area contributed by atoms with Gasteiger partial charge in [-0.2, -0.15) is 0 Å². The maximum Gasteiger partial charge on any atom is 0.181 e. The molecule has 1 aliphatic rings. The highest BCUT2D eigenvalue weighted by Gasteiger charge is 2.12. The van der Waals surface area contributed by atoms with Gasteiger partial charge in [0, 0.05) is 6.42 Å². The van der Waals surface area contributed by atoms with Crippen LogP contribution in [0.5, 0.6) is 0 Å². The summed E-state index contributed by atoms with van der Waals surface area (Å²) in [4.78, 5) is 10.7. The van der Waals surface area contributed by atoms with Crippen molar-refractivity contribution in [1.29, 1.82) is 0 Å². The third-order valence-corrected chi connectivity index (χ3v) is 1.34. The highest BCUT2D eigenvalue weighted by atomic mass is 16.1. The van der Waals surface area contributed by atoms with Gasteiger partial charge in [0.25, 0.3) is 0 Å². The molecule has 1 rings (SSSR count). The van der Waals surface area contributed by atoms with Crippen molar-refractivity contribution in [3.05, 3.63) is 36.5 Å². The van der Waals surface area contributed by atoms with Gasteiger partial charge in [0.05, 0.1) is 0 Å². The fraction of sp³-hybridized carbons (Fsp3) is 0.125. The lowest BCUT2D eigenvalue weighted by molar-refractivity contribution is -0.111. The second kappa shape index (κ2) is 2.02. The Bertz CT molecular complexity index is 209. The van der Waals surface area contributed by atoms with Gasteiger partial charge in [-0.15, -0.1) is 0 Å². The van der Waals surface area contributed by atoms with E-state index in [0.717, 1.165) is 5.57 Å². The number of ketones is 1. The van der Waals surface area contributed by atoms with Gasteiger partial charge in [-0.05, 0) is 17.2 Å². The summed E-state index contributed by atoms with van der Waals surface area (Å²) in [6.07, 6.45) is 3.95. The van der Waals surface area contributed by atoms with Crippen LogP contribution >= 0.6 is 0 Å². The van der Waals surface area contributed by atoms with Gasteiger partial charge >= 0.3 is 0 Å². The molecule has 9 heavy (non-hydrogen) atoms. The standard InChI is InChI=1S/C8H8O/c1-3-7-4-6(2)8(9)5-7/h3,5H,1-2,4H2. The molecule has 0 radical (unpaired) electrons. The van der Waals surface area contributed by atoms with E-state index < -0.39 is 0 Å². The molecule has 0 heterocycles. The molecule has 0 saturated heterocycles. The van der Waals surface area contributed by atoms with Gasteiger partial charge in [0.1, 0.15) is 0 Å². The SMILES string of the molecule is C=CC1=CC(=O)C(=C)C1. The molecule has 0 fully saturated rings. The third kappa shape index (κ3) is 0.992. The Labute approximate surface area is 54.4 Å². The Morgan fingerprint density at radius 2 is 2.33 bits per heavy atom. The number of hydrogen-bond acceptors (Lipinski definition) is 1.